The van der Waals surface area contributed by atoms with Gasteiger partial charge in [-0.2, -0.15) is 0 Å². The highest BCUT2D eigenvalue weighted by atomic mass is 32.1. The Bertz CT molecular complexity index is 705. The van der Waals surface area contributed by atoms with E-state index in [4.69, 9.17) is 5.11 Å². The molecule has 0 aliphatic heterocycles. The topological polar surface area (TPSA) is 67.2 Å². The Morgan fingerprint density at radius 1 is 1.38 bits per heavy atom. The molecule has 0 saturated carbocycles. The van der Waals surface area contributed by atoms with Gasteiger partial charge in [0.1, 0.15) is 4.83 Å². The summed E-state index contributed by atoms with van der Waals surface area (Å²) in [6.45, 7) is 3.33. The van der Waals surface area contributed by atoms with Crippen LogP contribution < -0.4 is 10.9 Å². The van der Waals surface area contributed by atoms with Crippen molar-refractivity contribution in [3.05, 3.63) is 20.8 Å². The first kappa shape index (κ1) is 14.5. The lowest BCUT2D eigenvalue weighted by Crippen LogP contribution is -2.25. The summed E-state index contributed by atoms with van der Waals surface area (Å²) in [7, 11) is 0. The molecule has 0 fully saturated rings. The fourth-order valence-electron chi connectivity index (χ4n) is 2.95. The van der Waals surface area contributed by atoms with Crippen LogP contribution in [0.3, 0.4) is 0 Å². The molecule has 0 unspecified atom stereocenters. The van der Waals surface area contributed by atoms with Crippen LogP contribution in [-0.2, 0) is 19.4 Å². The molecule has 0 spiro atoms. The van der Waals surface area contributed by atoms with Crippen molar-refractivity contribution in [2.24, 2.45) is 0 Å². The number of nitrogens with one attached hydrogen (secondary N) is 1. The zero-order valence-corrected chi connectivity index (χ0v) is 13.1. The molecule has 1 aliphatic carbocycles. The van der Waals surface area contributed by atoms with Gasteiger partial charge >= 0.3 is 0 Å². The number of hydrogen-bond donors (Lipinski definition) is 2. The monoisotopic (exact) mass is 307 g/mol. The Morgan fingerprint density at radius 2 is 2.19 bits per heavy atom. The SMILES string of the molecule is CCn1c(NCCCO)nc2sc3c(c2c1=O)CCCC3. The number of nitrogens with zero attached hydrogens (tertiary/aromatic N) is 2. The van der Waals surface area contributed by atoms with Crippen LogP contribution in [0.4, 0.5) is 5.95 Å². The summed E-state index contributed by atoms with van der Waals surface area (Å²) in [6.07, 6.45) is 5.12. The van der Waals surface area contributed by atoms with Gasteiger partial charge in [0.15, 0.2) is 0 Å². The first-order valence-corrected chi connectivity index (χ1v) is 8.47. The van der Waals surface area contributed by atoms with Crippen LogP contribution in [0.25, 0.3) is 10.2 Å². The minimum Gasteiger partial charge on any atom is -0.396 e. The lowest BCUT2D eigenvalue weighted by Gasteiger charge is -2.13. The molecule has 0 radical (unpaired) electrons. The number of aliphatic hydroxyl groups is 1. The molecule has 0 amide bonds. The number of aromatic nitrogens is 2. The summed E-state index contributed by atoms with van der Waals surface area (Å²) in [5, 5.41) is 12.9. The van der Waals surface area contributed by atoms with Crippen LogP contribution in [0, 0.1) is 0 Å². The Morgan fingerprint density at radius 3 is 2.95 bits per heavy atom. The maximum atomic E-state index is 12.8. The van der Waals surface area contributed by atoms with Crippen molar-refractivity contribution < 1.29 is 5.11 Å². The fraction of sp³-hybridized carbons (Fsp3) is 0.600. The average molecular weight is 307 g/mol. The van der Waals surface area contributed by atoms with E-state index in [2.05, 4.69) is 10.3 Å². The highest BCUT2D eigenvalue weighted by Gasteiger charge is 2.21. The van der Waals surface area contributed by atoms with Gasteiger partial charge in [-0.3, -0.25) is 9.36 Å². The molecule has 3 rings (SSSR count). The predicted octanol–water partition coefficient (Wildman–Crippen LogP) is 2.15. The molecule has 0 atom stereocenters. The molecular weight excluding hydrogens is 286 g/mol. The quantitative estimate of drug-likeness (QED) is 0.831. The highest BCUT2D eigenvalue weighted by molar-refractivity contribution is 7.18. The number of rotatable bonds is 5. The van der Waals surface area contributed by atoms with E-state index < -0.39 is 0 Å². The Kier molecular flexibility index (Phi) is 4.26. The molecule has 2 aromatic rings. The second-order valence-electron chi connectivity index (χ2n) is 5.38. The van der Waals surface area contributed by atoms with Crippen LogP contribution in [0.2, 0.25) is 0 Å². The van der Waals surface area contributed by atoms with Crippen molar-refractivity contribution in [2.45, 2.75) is 45.6 Å². The standard InChI is InChI=1S/C15H21N3O2S/c1-2-18-14(20)12-10-6-3-4-7-11(10)21-13(12)17-15(18)16-8-5-9-19/h19H,2-9H2,1H3,(H,16,17). The second-order valence-corrected chi connectivity index (χ2v) is 6.46. The number of thiophene rings is 1. The van der Waals surface area contributed by atoms with Crippen molar-refractivity contribution in [1.82, 2.24) is 9.55 Å². The van der Waals surface area contributed by atoms with Crippen LogP contribution in [-0.4, -0.2) is 27.8 Å². The van der Waals surface area contributed by atoms with Gasteiger partial charge in [-0.1, -0.05) is 0 Å². The molecule has 1 aliphatic rings. The molecule has 2 heterocycles. The number of hydrogen-bond acceptors (Lipinski definition) is 5. The van der Waals surface area contributed by atoms with E-state index in [0.29, 0.717) is 25.5 Å². The van der Waals surface area contributed by atoms with E-state index in [9.17, 15) is 4.79 Å². The third kappa shape index (κ3) is 2.58. The van der Waals surface area contributed by atoms with Crippen LogP contribution in [0.15, 0.2) is 4.79 Å². The van der Waals surface area contributed by atoms with Crippen molar-refractivity contribution >= 4 is 27.5 Å². The van der Waals surface area contributed by atoms with Gasteiger partial charge < -0.3 is 10.4 Å². The number of fused-ring (bicyclic) bond motifs is 3. The Balaban J connectivity index is 2.11. The van der Waals surface area contributed by atoms with Gasteiger partial charge in [0.25, 0.3) is 5.56 Å². The highest BCUT2D eigenvalue weighted by Crippen LogP contribution is 2.34. The van der Waals surface area contributed by atoms with Gasteiger partial charge in [-0.05, 0) is 44.6 Å². The van der Waals surface area contributed by atoms with Gasteiger partial charge in [-0.15, -0.1) is 11.3 Å². The summed E-state index contributed by atoms with van der Waals surface area (Å²) < 4.78 is 1.71. The summed E-state index contributed by atoms with van der Waals surface area (Å²) >= 11 is 1.67. The molecule has 114 valence electrons. The molecule has 6 heteroatoms. The summed E-state index contributed by atoms with van der Waals surface area (Å²) in [6, 6.07) is 0. The third-order valence-electron chi connectivity index (χ3n) is 4.01. The van der Waals surface area contributed by atoms with E-state index in [1.807, 2.05) is 6.92 Å². The average Bonchev–Trinajstić information content (AvgIpc) is 2.86. The molecule has 5 nitrogen and oxygen atoms in total. The molecule has 0 bridgehead atoms. The maximum Gasteiger partial charge on any atom is 0.263 e. The van der Waals surface area contributed by atoms with Crippen molar-refractivity contribution in [3.8, 4) is 0 Å². The number of anilines is 1. The first-order valence-electron chi connectivity index (χ1n) is 7.66. The second kappa shape index (κ2) is 6.15. The van der Waals surface area contributed by atoms with Crippen LogP contribution in [0.5, 0.6) is 0 Å². The molecular formula is C15H21N3O2S. The van der Waals surface area contributed by atoms with E-state index in [1.54, 1.807) is 15.9 Å². The van der Waals surface area contributed by atoms with Crippen molar-refractivity contribution in [2.75, 3.05) is 18.5 Å². The normalized spacial score (nSPS) is 14.4. The summed E-state index contributed by atoms with van der Waals surface area (Å²) in [5.74, 6) is 0.627. The van der Waals surface area contributed by atoms with Gasteiger partial charge in [-0.25, -0.2) is 4.98 Å². The molecule has 21 heavy (non-hydrogen) atoms. The summed E-state index contributed by atoms with van der Waals surface area (Å²) in [5.41, 5.74) is 1.32. The lowest BCUT2D eigenvalue weighted by atomic mass is 9.97. The van der Waals surface area contributed by atoms with E-state index in [-0.39, 0.29) is 12.2 Å². The van der Waals surface area contributed by atoms with Crippen LogP contribution >= 0.6 is 11.3 Å². The number of aryl methyl sites for hydroxylation is 2. The molecule has 0 saturated heterocycles. The van der Waals surface area contributed by atoms with Crippen molar-refractivity contribution in [1.29, 1.82) is 0 Å². The molecule has 0 aromatic carbocycles. The summed E-state index contributed by atoms with van der Waals surface area (Å²) in [4.78, 5) is 19.7. The van der Waals surface area contributed by atoms with Crippen LogP contribution in [0.1, 0.15) is 36.6 Å². The largest absolute Gasteiger partial charge is 0.396 e. The van der Waals surface area contributed by atoms with E-state index in [0.717, 1.165) is 23.1 Å². The Labute approximate surface area is 127 Å². The molecule has 2 aromatic heterocycles. The first-order chi connectivity index (χ1) is 10.3. The maximum absolute atomic E-state index is 12.8. The van der Waals surface area contributed by atoms with E-state index >= 15 is 0 Å². The number of aliphatic hydroxyl groups excluding tert-OH is 1. The van der Waals surface area contributed by atoms with Crippen molar-refractivity contribution in [3.63, 3.8) is 0 Å². The zero-order valence-electron chi connectivity index (χ0n) is 12.3. The van der Waals surface area contributed by atoms with Gasteiger partial charge in [0, 0.05) is 24.6 Å². The fourth-order valence-corrected chi connectivity index (χ4v) is 4.20. The smallest absolute Gasteiger partial charge is 0.263 e. The van der Waals surface area contributed by atoms with Gasteiger partial charge in [0.2, 0.25) is 5.95 Å². The lowest BCUT2D eigenvalue weighted by molar-refractivity contribution is 0.292. The molecule has 2 N–H and O–H groups in total. The minimum atomic E-state index is 0.0772. The zero-order chi connectivity index (χ0) is 14.8. The minimum absolute atomic E-state index is 0.0772. The predicted molar refractivity (Wildman–Crippen MR) is 86.4 cm³/mol. The Hall–Kier alpha value is -1.40. The van der Waals surface area contributed by atoms with E-state index in [1.165, 1.54) is 23.3 Å². The van der Waals surface area contributed by atoms with Gasteiger partial charge in [0.05, 0.1) is 5.39 Å². The third-order valence-corrected chi connectivity index (χ3v) is 5.19.